The highest BCUT2D eigenvalue weighted by molar-refractivity contribution is 5.13. The summed E-state index contributed by atoms with van der Waals surface area (Å²) in [5, 5.41) is 3.33. The molecule has 2 rings (SSSR count). The van der Waals surface area contributed by atoms with Crippen LogP contribution in [0.5, 0.6) is 0 Å². The summed E-state index contributed by atoms with van der Waals surface area (Å²) in [6.07, 6.45) is -1.96. The molecule has 1 fully saturated rings. The van der Waals surface area contributed by atoms with Gasteiger partial charge >= 0.3 is 6.18 Å². The van der Waals surface area contributed by atoms with Gasteiger partial charge in [0, 0.05) is 37.9 Å². The Morgan fingerprint density at radius 3 is 2.68 bits per heavy atom. The van der Waals surface area contributed by atoms with Crippen LogP contribution in [0.2, 0.25) is 0 Å². The fraction of sp³-hybridized carbons (Fsp3) is 0.615. The first-order valence-electron chi connectivity index (χ1n) is 6.40. The standard InChI is InChI=1S/C13H17F3N2O/c14-13(15,16)12-3-1-2-11(18-12)4-7-17-10-5-8-19-9-6-10/h1-3,10,17H,4-9H2. The van der Waals surface area contributed by atoms with E-state index in [0.717, 1.165) is 32.1 Å². The molecule has 0 bridgehead atoms. The monoisotopic (exact) mass is 274 g/mol. The maximum Gasteiger partial charge on any atom is 0.433 e. The van der Waals surface area contributed by atoms with Gasteiger partial charge in [-0.3, -0.25) is 0 Å². The van der Waals surface area contributed by atoms with Crippen LogP contribution in [0.25, 0.3) is 0 Å². The van der Waals surface area contributed by atoms with Crippen molar-refractivity contribution >= 4 is 0 Å². The smallest absolute Gasteiger partial charge is 0.381 e. The van der Waals surface area contributed by atoms with E-state index in [9.17, 15) is 13.2 Å². The van der Waals surface area contributed by atoms with Gasteiger partial charge in [0.25, 0.3) is 0 Å². The minimum Gasteiger partial charge on any atom is -0.381 e. The molecule has 0 aromatic carbocycles. The number of alkyl halides is 3. The van der Waals surface area contributed by atoms with Gasteiger partial charge in [-0.05, 0) is 25.0 Å². The third-order valence-corrected chi connectivity index (χ3v) is 3.13. The van der Waals surface area contributed by atoms with Crippen molar-refractivity contribution in [2.24, 2.45) is 0 Å². The average molecular weight is 274 g/mol. The van der Waals surface area contributed by atoms with E-state index >= 15 is 0 Å². The highest BCUT2D eigenvalue weighted by atomic mass is 19.4. The Bertz CT molecular complexity index is 403. The van der Waals surface area contributed by atoms with Gasteiger partial charge in [0.1, 0.15) is 5.69 Å². The topological polar surface area (TPSA) is 34.1 Å². The van der Waals surface area contributed by atoms with Crippen LogP contribution in [0.15, 0.2) is 18.2 Å². The maximum absolute atomic E-state index is 12.5. The zero-order valence-electron chi connectivity index (χ0n) is 10.5. The van der Waals surface area contributed by atoms with Crippen LogP contribution >= 0.6 is 0 Å². The number of pyridine rings is 1. The van der Waals surface area contributed by atoms with Gasteiger partial charge in [-0.25, -0.2) is 4.98 Å². The lowest BCUT2D eigenvalue weighted by Gasteiger charge is -2.23. The third-order valence-electron chi connectivity index (χ3n) is 3.13. The summed E-state index contributed by atoms with van der Waals surface area (Å²) < 4.78 is 42.7. The molecule has 0 spiro atoms. The number of ether oxygens (including phenoxy) is 1. The molecule has 1 aromatic heterocycles. The molecule has 0 radical (unpaired) electrons. The Hall–Kier alpha value is -1.14. The first-order valence-corrected chi connectivity index (χ1v) is 6.40. The fourth-order valence-corrected chi connectivity index (χ4v) is 2.08. The van der Waals surface area contributed by atoms with Gasteiger partial charge < -0.3 is 10.1 Å². The molecule has 1 aromatic rings. The zero-order chi connectivity index (χ0) is 13.7. The average Bonchev–Trinajstić information content (AvgIpc) is 2.39. The second-order valence-electron chi connectivity index (χ2n) is 4.60. The summed E-state index contributed by atoms with van der Waals surface area (Å²) in [5.74, 6) is 0. The minimum atomic E-state index is -4.37. The summed E-state index contributed by atoms with van der Waals surface area (Å²) in [6.45, 7) is 2.14. The molecule has 1 aliphatic heterocycles. The quantitative estimate of drug-likeness (QED) is 0.915. The molecule has 1 saturated heterocycles. The Kier molecular flexibility index (Phi) is 4.76. The molecule has 0 saturated carbocycles. The molecule has 0 aliphatic carbocycles. The second-order valence-corrected chi connectivity index (χ2v) is 4.60. The summed E-state index contributed by atoms with van der Waals surface area (Å²) in [7, 11) is 0. The van der Waals surface area contributed by atoms with E-state index in [2.05, 4.69) is 10.3 Å². The molecule has 1 aliphatic rings. The van der Waals surface area contributed by atoms with E-state index in [1.807, 2.05) is 0 Å². The molecule has 2 heterocycles. The number of nitrogens with zero attached hydrogens (tertiary/aromatic N) is 1. The number of hydrogen-bond donors (Lipinski definition) is 1. The molecular weight excluding hydrogens is 257 g/mol. The molecule has 0 unspecified atom stereocenters. The first-order chi connectivity index (χ1) is 9.05. The lowest BCUT2D eigenvalue weighted by molar-refractivity contribution is -0.141. The number of hydrogen-bond acceptors (Lipinski definition) is 3. The lowest BCUT2D eigenvalue weighted by atomic mass is 10.1. The Morgan fingerprint density at radius 2 is 2.00 bits per heavy atom. The van der Waals surface area contributed by atoms with E-state index in [-0.39, 0.29) is 0 Å². The molecular formula is C13H17F3N2O. The van der Waals surface area contributed by atoms with Crippen LogP contribution < -0.4 is 5.32 Å². The van der Waals surface area contributed by atoms with Gasteiger partial charge in [-0.2, -0.15) is 13.2 Å². The molecule has 6 heteroatoms. The Labute approximate surface area is 110 Å². The van der Waals surface area contributed by atoms with E-state index in [4.69, 9.17) is 4.74 Å². The molecule has 19 heavy (non-hydrogen) atoms. The van der Waals surface area contributed by atoms with Crippen molar-refractivity contribution in [2.75, 3.05) is 19.8 Å². The van der Waals surface area contributed by atoms with Crippen LogP contribution in [0.1, 0.15) is 24.2 Å². The molecule has 1 N–H and O–H groups in total. The second kappa shape index (κ2) is 6.34. The molecule has 3 nitrogen and oxygen atoms in total. The van der Waals surface area contributed by atoms with Crippen LogP contribution in [0.4, 0.5) is 13.2 Å². The summed E-state index contributed by atoms with van der Waals surface area (Å²) >= 11 is 0. The first kappa shape index (κ1) is 14.3. The zero-order valence-corrected chi connectivity index (χ0v) is 10.5. The largest absolute Gasteiger partial charge is 0.433 e. The summed E-state index contributed by atoms with van der Waals surface area (Å²) in [4.78, 5) is 3.64. The number of aromatic nitrogens is 1. The molecule has 0 amide bonds. The maximum atomic E-state index is 12.5. The van der Waals surface area contributed by atoms with Crippen LogP contribution in [-0.2, 0) is 17.3 Å². The Balaban J connectivity index is 1.82. The SMILES string of the molecule is FC(F)(F)c1cccc(CCNC2CCOCC2)n1. The van der Waals surface area contributed by atoms with E-state index in [0.29, 0.717) is 24.7 Å². The van der Waals surface area contributed by atoms with Gasteiger partial charge in [0.05, 0.1) is 0 Å². The Morgan fingerprint density at radius 1 is 1.26 bits per heavy atom. The van der Waals surface area contributed by atoms with Crippen molar-refractivity contribution in [1.82, 2.24) is 10.3 Å². The minimum absolute atomic E-state index is 0.402. The normalized spacial score (nSPS) is 17.6. The van der Waals surface area contributed by atoms with Gasteiger partial charge in [0.2, 0.25) is 0 Å². The van der Waals surface area contributed by atoms with Gasteiger partial charge in [0.15, 0.2) is 0 Å². The van der Waals surface area contributed by atoms with Gasteiger partial charge in [-0.15, -0.1) is 0 Å². The predicted molar refractivity (Wildman–Crippen MR) is 64.8 cm³/mol. The summed E-state index contributed by atoms with van der Waals surface area (Å²) in [6, 6.07) is 4.43. The van der Waals surface area contributed by atoms with E-state index in [1.54, 1.807) is 6.07 Å². The highest BCUT2D eigenvalue weighted by Crippen LogP contribution is 2.27. The van der Waals surface area contributed by atoms with Crippen molar-refractivity contribution < 1.29 is 17.9 Å². The van der Waals surface area contributed by atoms with Crippen molar-refractivity contribution in [1.29, 1.82) is 0 Å². The van der Waals surface area contributed by atoms with Crippen molar-refractivity contribution in [3.05, 3.63) is 29.6 Å². The van der Waals surface area contributed by atoms with Crippen LogP contribution in [0.3, 0.4) is 0 Å². The number of nitrogens with one attached hydrogen (secondary N) is 1. The highest BCUT2D eigenvalue weighted by Gasteiger charge is 2.32. The van der Waals surface area contributed by atoms with Crippen LogP contribution in [0, 0.1) is 0 Å². The summed E-state index contributed by atoms with van der Waals surface area (Å²) in [5.41, 5.74) is -0.356. The van der Waals surface area contributed by atoms with Crippen molar-refractivity contribution in [2.45, 2.75) is 31.5 Å². The molecule has 0 atom stereocenters. The lowest BCUT2D eigenvalue weighted by Crippen LogP contribution is -2.36. The third kappa shape index (κ3) is 4.47. The van der Waals surface area contributed by atoms with E-state index in [1.165, 1.54) is 6.07 Å². The number of rotatable bonds is 4. The van der Waals surface area contributed by atoms with Gasteiger partial charge in [-0.1, -0.05) is 6.07 Å². The van der Waals surface area contributed by atoms with Crippen LogP contribution in [-0.4, -0.2) is 30.8 Å². The molecule has 106 valence electrons. The van der Waals surface area contributed by atoms with Crippen molar-refractivity contribution in [3.8, 4) is 0 Å². The van der Waals surface area contributed by atoms with Crippen molar-refractivity contribution in [3.63, 3.8) is 0 Å². The number of halogens is 3. The van der Waals surface area contributed by atoms with E-state index < -0.39 is 11.9 Å². The fourth-order valence-electron chi connectivity index (χ4n) is 2.08. The predicted octanol–water partition coefficient (Wildman–Crippen LogP) is 2.41.